The summed E-state index contributed by atoms with van der Waals surface area (Å²) in [6.07, 6.45) is 1.28. The Balaban J connectivity index is 0.00000481. The summed E-state index contributed by atoms with van der Waals surface area (Å²) >= 11 is 0. The Kier molecular flexibility index (Phi) is 10.8. The maximum atomic E-state index is 12.6. The monoisotopic (exact) mass is 497 g/mol. The molecule has 3 N–H and O–H groups in total. The Labute approximate surface area is 227 Å². The van der Waals surface area contributed by atoms with Crippen LogP contribution in [0.1, 0.15) is 56.2 Å². The van der Waals surface area contributed by atoms with Crippen molar-refractivity contribution in [2.45, 2.75) is 33.0 Å². The van der Waals surface area contributed by atoms with Gasteiger partial charge in [-0.2, -0.15) is 0 Å². The molecule has 3 rings (SSSR count). The smallest absolute Gasteiger partial charge is 0.644 e. The van der Waals surface area contributed by atoms with Crippen molar-refractivity contribution in [3.63, 3.8) is 0 Å². The number of hydrogen-bond donors (Lipinski definition) is 2. The van der Waals surface area contributed by atoms with Crippen molar-refractivity contribution in [1.29, 1.82) is 0 Å². The number of aromatic nitrogens is 2. The molecule has 11 heteroatoms. The van der Waals surface area contributed by atoms with E-state index in [1.54, 1.807) is 37.1 Å². The number of nitrogens with two attached hydrogens (primary N) is 1. The minimum atomic E-state index is -1.00. The van der Waals surface area contributed by atoms with Crippen molar-refractivity contribution < 1.29 is 43.1 Å². The molecule has 0 saturated heterocycles. The fourth-order valence-electron chi connectivity index (χ4n) is 3.75. The van der Waals surface area contributed by atoms with Gasteiger partial charge in [-0.3, -0.25) is 9.69 Å². The van der Waals surface area contributed by atoms with Gasteiger partial charge in [-0.05, 0) is 49.2 Å². The van der Waals surface area contributed by atoms with Crippen molar-refractivity contribution >= 4 is 17.8 Å². The number of amides is 2. The Morgan fingerprint density at radius 1 is 1.14 bits per heavy atom. The molecule has 0 aliphatic rings. The molecule has 37 heavy (non-hydrogen) atoms. The van der Waals surface area contributed by atoms with Gasteiger partial charge in [-0.25, -0.2) is 14.8 Å². The number of nitrogens with zero attached hydrogens (tertiary/aromatic N) is 4. The van der Waals surface area contributed by atoms with E-state index < -0.39 is 17.8 Å². The first-order valence-electron chi connectivity index (χ1n) is 11.2. The SMILES string of the molecule is COc1cccc(C[N-]C(=O)c2cc(CN(CC(N)=O)[C@@H](C)c3ccc(C(=O)O)c(C)c3)ncn2)c1.[Li+]. The molecule has 1 aromatic heterocycles. The van der Waals surface area contributed by atoms with E-state index in [1.807, 2.05) is 25.1 Å². The van der Waals surface area contributed by atoms with Crippen LogP contribution in [0.3, 0.4) is 0 Å². The van der Waals surface area contributed by atoms with Gasteiger partial charge >= 0.3 is 24.8 Å². The summed E-state index contributed by atoms with van der Waals surface area (Å²) in [5.41, 5.74) is 8.59. The summed E-state index contributed by atoms with van der Waals surface area (Å²) in [5, 5.41) is 13.4. The number of carbonyl (C=O) groups is 3. The first-order valence-corrected chi connectivity index (χ1v) is 11.2. The van der Waals surface area contributed by atoms with Crippen LogP contribution in [0.2, 0.25) is 0 Å². The molecule has 0 aliphatic carbocycles. The molecule has 10 nitrogen and oxygen atoms in total. The van der Waals surface area contributed by atoms with E-state index in [9.17, 15) is 19.5 Å². The molecule has 1 atom stereocenters. The summed E-state index contributed by atoms with van der Waals surface area (Å²) in [6.45, 7) is 3.92. The summed E-state index contributed by atoms with van der Waals surface area (Å²) in [7, 11) is 1.57. The van der Waals surface area contributed by atoms with Crippen LogP contribution in [0.15, 0.2) is 54.9 Å². The van der Waals surface area contributed by atoms with Gasteiger partial charge in [0.2, 0.25) is 5.91 Å². The molecule has 0 bridgehead atoms. The number of rotatable bonds is 11. The summed E-state index contributed by atoms with van der Waals surface area (Å²) in [6, 6.07) is 13.6. The van der Waals surface area contributed by atoms with Crippen molar-refractivity contribution in [2.75, 3.05) is 13.7 Å². The zero-order valence-electron chi connectivity index (χ0n) is 21.3. The number of benzene rings is 2. The maximum absolute atomic E-state index is 12.6. The minimum Gasteiger partial charge on any atom is -0.644 e. The molecular weight excluding hydrogens is 469 g/mol. The van der Waals surface area contributed by atoms with Crippen LogP contribution in [0.5, 0.6) is 5.75 Å². The second-order valence-corrected chi connectivity index (χ2v) is 8.29. The molecule has 0 radical (unpaired) electrons. The summed E-state index contributed by atoms with van der Waals surface area (Å²) in [5.74, 6) is -1.35. The van der Waals surface area contributed by atoms with E-state index in [0.29, 0.717) is 17.0 Å². The Morgan fingerprint density at radius 2 is 1.89 bits per heavy atom. The van der Waals surface area contributed by atoms with Crippen molar-refractivity contribution in [2.24, 2.45) is 5.73 Å². The molecule has 3 aromatic rings. The van der Waals surface area contributed by atoms with E-state index in [1.165, 1.54) is 18.5 Å². The van der Waals surface area contributed by atoms with Crippen molar-refractivity contribution in [3.05, 3.63) is 93.8 Å². The van der Waals surface area contributed by atoms with Crippen molar-refractivity contribution in [1.82, 2.24) is 14.9 Å². The van der Waals surface area contributed by atoms with Crippen LogP contribution in [0.4, 0.5) is 0 Å². The summed E-state index contributed by atoms with van der Waals surface area (Å²) in [4.78, 5) is 45.9. The largest absolute Gasteiger partial charge is 1.00 e. The topological polar surface area (TPSA) is 150 Å². The van der Waals surface area contributed by atoms with E-state index in [2.05, 4.69) is 15.3 Å². The zero-order chi connectivity index (χ0) is 26.2. The Hall–Kier alpha value is -3.71. The van der Waals surface area contributed by atoms with Gasteiger partial charge in [-0.15, -0.1) is 6.54 Å². The molecule has 2 amide bonds. The van der Waals surface area contributed by atoms with Crippen molar-refractivity contribution in [3.8, 4) is 5.75 Å². The number of aromatic carboxylic acids is 1. The molecule has 0 aliphatic heterocycles. The number of carboxylic acid groups (broad SMARTS) is 1. The number of carboxylic acids is 1. The third kappa shape index (κ3) is 8.15. The second kappa shape index (κ2) is 13.6. The van der Waals surface area contributed by atoms with Crippen LogP contribution in [0.25, 0.3) is 5.32 Å². The standard InChI is InChI=1S/C26H29N5O5.Li/c1-16-9-19(7-8-22(16)26(34)35)17(2)31(14-24(27)32)13-20-11-23(30-15-29-20)25(33)28-12-18-5-4-6-21(10-18)36-3;/h4-11,15,17H,12-14H2,1-3H3,(H4,27,28,32,33,34,35);/q;+1/p-1/t17-;/m0./s1. The van der Waals surface area contributed by atoms with Gasteiger partial charge in [-0.1, -0.05) is 29.8 Å². The first-order chi connectivity index (χ1) is 17.2. The molecule has 188 valence electrons. The predicted octanol–water partition coefficient (Wildman–Crippen LogP) is 0.258. The molecule has 1 heterocycles. The Morgan fingerprint density at radius 3 is 2.54 bits per heavy atom. The van der Waals surface area contributed by atoms with Crippen LogP contribution in [-0.2, 0) is 17.9 Å². The van der Waals surface area contributed by atoms with E-state index in [0.717, 1.165) is 11.1 Å². The second-order valence-electron chi connectivity index (χ2n) is 8.29. The molecule has 0 fully saturated rings. The third-order valence-electron chi connectivity index (χ3n) is 5.72. The minimum absolute atomic E-state index is 0. The van der Waals surface area contributed by atoms with Gasteiger partial charge < -0.3 is 25.7 Å². The van der Waals surface area contributed by atoms with Gasteiger partial charge in [0, 0.05) is 12.6 Å². The number of primary amides is 1. The summed E-state index contributed by atoms with van der Waals surface area (Å²) < 4.78 is 5.19. The van der Waals surface area contributed by atoms with Gasteiger partial charge in [0.25, 0.3) is 0 Å². The third-order valence-corrected chi connectivity index (χ3v) is 5.72. The fourth-order valence-corrected chi connectivity index (χ4v) is 3.75. The number of hydrogen-bond acceptors (Lipinski definition) is 7. The van der Waals surface area contributed by atoms with Crippen LogP contribution < -0.4 is 29.3 Å². The fraction of sp³-hybridized carbons (Fsp3) is 0.269. The molecule has 0 unspecified atom stereocenters. The number of aryl methyl sites for hydroxylation is 1. The van der Waals surface area contributed by atoms with E-state index in [-0.39, 0.29) is 55.8 Å². The van der Waals surface area contributed by atoms with Crippen LogP contribution in [-0.4, -0.2) is 51.4 Å². The Bertz CT molecular complexity index is 1270. The first kappa shape index (κ1) is 29.5. The normalized spacial score (nSPS) is 11.4. The predicted molar refractivity (Wildman–Crippen MR) is 133 cm³/mol. The zero-order valence-corrected chi connectivity index (χ0v) is 21.3. The van der Waals surface area contributed by atoms with Gasteiger partial charge in [0.05, 0.1) is 30.6 Å². The van der Waals surface area contributed by atoms with Crippen LogP contribution >= 0.6 is 0 Å². The quantitative estimate of drug-likeness (QED) is 0.358. The van der Waals surface area contributed by atoms with E-state index in [4.69, 9.17) is 10.5 Å². The number of methoxy groups -OCH3 is 1. The van der Waals surface area contributed by atoms with Crippen LogP contribution in [0, 0.1) is 6.92 Å². The average Bonchev–Trinajstić information content (AvgIpc) is 2.86. The molecule has 2 aromatic carbocycles. The maximum Gasteiger partial charge on any atom is 1.00 e. The molecule has 0 saturated carbocycles. The number of carbonyl (C=O) groups excluding carboxylic acids is 2. The molecule has 0 spiro atoms. The average molecular weight is 497 g/mol. The van der Waals surface area contributed by atoms with Gasteiger partial charge in [0.15, 0.2) is 0 Å². The van der Waals surface area contributed by atoms with Gasteiger partial charge in [0.1, 0.15) is 18.0 Å². The molecular formula is C26H28LiN5O5. The number of ether oxygens (including phenoxy) is 1. The van der Waals surface area contributed by atoms with E-state index >= 15 is 0 Å².